The molecule has 0 heterocycles. The number of benzene rings is 3. The monoisotopic (exact) mass is 619 g/mol. The van der Waals surface area contributed by atoms with Crippen LogP contribution in [0.15, 0.2) is 71.6 Å². The number of hydrogen-bond donors (Lipinski definition) is 1. The predicted molar refractivity (Wildman–Crippen MR) is 159 cm³/mol. The molecule has 1 unspecified atom stereocenters. The molecule has 0 spiro atoms. The first-order valence-electron chi connectivity index (χ1n) is 13.3. The second-order valence-corrected chi connectivity index (χ2v) is 12.9. The van der Waals surface area contributed by atoms with Gasteiger partial charge in [-0.1, -0.05) is 59.8 Å². The molecule has 1 aliphatic carbocycles. The summed E-state index contributed by atoms with van der Waals surface area (Å²) in [5.74, 6) is -1.58. The highest BCUT2D eigenvalue weighted by Crippen LogP contribution is 2.29. The Hall–Kier alpha value is -3.14. The Morgan fingerprint density at radius 2 is 1.56 bits per heavy atom. The standard InChI is InChI=1S/C30H32Cl2FN3O4S/c1-20-10-14-24(15-11-20)36(41(39,40)25-16-12-22(33)13-17-25)19-29(37)35(18-26-27(31)8-5-9-28(26)32)21(2)30(38)34-23-6-3-4-7-23/h5,8-17,21,23H,3-4,6-7,18-19H2,1-2H3,(H,34,38). The molecule has 1 aliphatic rings. The molecule has 0 saturated heterocycles. The van der Waals surface area contributed by atoms with Crippen LogP contribution in [0.1, 0.15) is 43.7 Å². The summed E-state index contributed by atoms with van der Waals surface area (Å²) >= 11 is 12.8. The Morgan fingerprint density at radius 3 is 2.15 bits per heavy atom. The van der Waals surface area contributed by atoms with Crippen molar-refractivity contribution in [2.45, 2.75) is 63.1 Å². The minimum absolute atomic E-state index is 0.0220. The number of carbonyl (C=O) groups excluding carboxylic acids is 2. The van der Waals surface area contributed by atoms with Crippen LogP contribution in [0.5, 0.6) is 0 Å². The summed E-state index contributed by atoms with van der Waals surface area (Å²) in [6, 6.07) is 15.0. The predicted octanol–water partition coefficient (Wildman–Crippen LogP) is 6.11. The van der Waals surface area contributed by atoms with Crippen molar-refractivity contribution in [3.8, 4) is 0 Å². The fraction of sp³-hybridized carbons (Fsp3) is 0.333. The van der Waals surface area contributed by atoms with E-state index in [4.69, 9.17) is 23.2 Å². The third-order valence-electron chi connectivity index (χ3n) is 7.26. The molecule has 0 bridgehead atoms. The van der Waals surface area contributed by atoms with Gasteiger partial charge in [0.15, 0.2) is 0 Å². The lowest BCUT2D eigenvalue weighted by molar-refractivity contribution is -0.139. The largest absolute Gasteiger partial charge is 0.352 e. The number of rotatable bonds is 10. The van der Waals surface area contributed by atoms with Gasteiger partial charge in [0, 0.05) is 28.2 Å². The number of nitrogens with zero attached hydrogens (tertiary/aromatic N) is 2. The number of carbonyl (C=O) groups is 2. The molecule has 218 valence electrons. The van der Waals surface area contributed by atoms with Gasteiger partial charge in [-0.2, -0.15) is 0 Å². The van der Waals surface area contributed by atoms with Crippen LogP contribution in [-0.2, 0) is 26.2 Å². The Morgan fingerprint density at radius 1 is 0.976 bits per heavy atom. The van der Waals surface area contributed by atoms with E-state index in [2.05, 4.69) is 5.32 Å². The minimum Gasteiger partial charge on any atom is -0.352 e. The van der Waals surface area contributed by atoms with Crippen molar-refractivity contribution in [2.24, 2.45) is 0 Å². The summed E-state index contributed by atoms with van der Waals surface area (Å²) < 4.78 is 42.2. The highest BCUT2D eigenvalue weighted by molar-refractivity contribution is 7.92. The molecule has 0 aromatic heterocycles. The second-order valence-electron chi connectivity index (χ2n) is 10.2. The smallest absolute Gasteiger partial charge is 0.264 e. The minimum atomic E-state index is -4.30. The zero-order chi connectivity index (χ0) is 29.7. The molecule has 1 atom stereocenters. The summed E-state index contributed by atoms with van der Waals surface area (Å²) in [6.45, 7) is 2.71. The van der Waals surface area contributed by atoms with Crippen LogP contribution in [0, 0.1) is 12.7 Å². The zero-order valence-electron chi connectivity index (χ0n) is 22.8. The molecule has 0 radical (unpaired) electrons. The first-order valence-corrected chi connectivity index (χ1v) is 15.5. The van der Waals surface area contributed by atoms with Crippen LogP contribution in [0.25, 0.3) is 0 Å². The maximum Gasteiger partial charge on any atom is 0.264 e. The summed E-state index contributed by atoms with van der Waals surface area (Å²) in [5, 5.41) is 3.64. The molecule has 0 aliphatic heterocycles. The van der Waals surface area contributed by atoms with Gasteiger partial charge in [-0.25, -0.2) is 12.8 Å². The van der Waals surface area contributed by atoms with E-state index < -0.39 is 34.3 Å². The molecule has 7 nitrogen and oxygen atoms in total. The van der Waals surface area contributed by atoms with Gasteiger partial charge in [-0.05, 0) is 75.2 Å². The number of aryl methyl sites for hydroxylation is 1. The van der Waals surface area contributed by atoms with E-state index in [-0.39, 0.29) is 29.1 Å². The molecule has 1 N–H and O–H groups in total. The van der Waals surface area contributed by atoms with E-state index in [1.807, 2.05) is 6.92 Å². The van der Waals surface area contributed by atoms with Crippen LogP contribution >= 0.6 is 23.2 Å². The fourth-order valence-electron chi connectivity index (χ4n) is 4.80. The number of sulfonamides is 1. The second kappa shape index (κ2) is 13.2. The maximum atomic E-state index is 14.0. The third-order valence-corrected chi connectivity index (χ3v) is 9.76. The topological polar surface area (TPSA) is 86.8 Å². The Kier molecular flexibility index (Phi) is 9.94. The normalized spacial score (nSPS) is 14.5. The molecule has 1 saturated carbocycles. The number of halogens is 3. The van der Waals surface area contributed by atoms with Gasteiger partial charge in [0.05, 0.1) is 10.6 Å². The summed E-state index contributed by atoms with van der Waals surface area (Å²) in [6.07, 6.45) is 3.76. The van der Waals surface area contributed by atoms with Crippen molar-refractivity contribution in [1.82, 2.24) is 10.2 Å². The van der Waals surface area contributed by atoms with E-state index >= 15 is 0 Å². The average molecular weight is 621 g/mol. The van der Waals surface area contributed by atoms with Gasteiger partial charge in [-0.3, -0.25) is 13.9 Å². The molecule has 41 heavy (non-hydrogen) atoms. The molecular weight excluding hydrogens is 588 g/mol. The van der Waals surface area contributed by atoms with Crippen molar-refractivity contribution in [1.29, 1.82) is 0 Å². The van der Waals surface area contributed by atoms with Gasteiger partial charge in [-0.15, -0.1) is 0 Å². The van der Waals surface area contributed by atoms with Gasteiger partial charge >= 0.3 is 0 Å². The fourth-order valence-corrected chi connectivity index (χ4v) is 6.73. The summed E-state index contributed by atoms with van der Waals surface area (Å²) in [4.78, 5) is 28.4. The van der Waals surface area contributed by atoms with Crippen molar-refractivity contribution < 1.29 is 22.4 Å². The van der Waals surface area contributed by atoms with Gasteiger partial charge in [0.1, 0.15) is 18.4 Å². The van der Waals surface area contributed by atoms with Gasteiger partial charge in [0.25, 0.3) is 10.0 Å². The van der Waals surface area contributed by atoms with E-state index in [1.165, 1.54) is 4.90 Å². The zero-order valence-corrected chi connectivity index (χ0v) is 25.1. The van der Waals surface area contributed by atoms with Gasteiger partial charge < -0.3 is 10.2 Å². The quantitative estimate of drug-likeness (QED) is 0.296. The molecule has 11 heteroatoms. The lowest BCUT2D eigenvalue weighted by Gasteiger charge is -2.33. The molecule has 1 fully saturated rings. The highest BCUT2D eigenvalue weighted by Gasteiger charge is 2.34. The maximum absolute atomic E-state index is 14.0. The van der Waals surface area contributed by atoms with E-state index in [0.717, 1.165) is 59.8 Å². The molecule has 4 rings (SSSR count). The lowest BCUT2D eigenvalue weighted by atomic mass is 10.1. The summed E-state index contributed by atoms with van der Waals surface area (Å²) in [7, 11) is -4.30. The average Bonchev–Trinajstić information content (AvgIpc) is 3.45. The van der Waals surface area contributed by atoms with Crippen molar-refractivity contribution in [3.63, 3.8) is 0 Å². The molecular formula is C30H32Cl2FN3O4S. The van der Waals surface area contributed by atoms with Crippen molar-refractivity contribution >= 4 is 50.7 Å². The van der Waals surface area contributed by atoms with E-state index in [0.29, 0.717) is 15.6 Å². The Labute approximate surface area is 250 Å². The molecule has 2 amide bonds. The highest BCUT2D eigenvalue weighted by atomic mass is 35.5. The van der Waals surface area contributed by atoms with E-state index in [9.17, 15) is 22.4 Å². The number of amides is 2. The van der Waals surface area contributed by atoms with Crippen LogP contribution in [0.2, 0.25) is 10.0 Å². The number of hydrogen-bond acceptors (Lipinski definition) is 4. The van der Waals surface area contributed by atoms with Crippen molar-refractivity contribution in [3.05, 3.63) is 93.7 Å². The van der Waals surface area contributed by atoms with E-state index in [1.54, 1.807) is 49.4 Å². The number of anilines is 1. The van der Waals surface area contributed by atoms with Crippen molar-refractivity contribution in [2.75, 3.05) is 10.8 Å². The summed E-state index contributed by atoms with van der Waals surface area (Å²) in [5.41, 5.74) is 1.58. The third kappa shape index (κ3) is 7.39. The first kappa shape index (κ1) is 30.8. The number of nitrogens with one attached hydrogen (secondary N) is 1. The first-order chi connectivity index (χ1) is 19.5. The molecule has 3 aromatic carbocycles. The van der Waals surface area contributed by atoms with Gasteiger partial charge in [0.2, 0.25) is 11.8 Å². The SMILES string of the molecule is Cc1ccc(N(CC(=O)N(Cc2c(Cl)cccc2Cl)C(C)C(=O)NC2CCCC2)S(=O)(=O)c2ccc(F)cc2)cc1. The lowest BCUT2D eigenvalue weighted by Crippen LogP contribution is -2.52. The van der Waals surface area contributed by atoms with Crippen LogP contribution in [0.3, 0.4) is 0 Å². The van der Waals surface area contributed by atoms with Crippen LogP contribution < -0.4 is 9.62 Å². The molecule has 3 aromatic rings. The Balaban J connectivity index is 1.71. The Bertz CT molecular complexity index is 1470. The van der Waals surface area contributed by atoms with Crippen LogP contribution in [-0.4, -0.2) is 43.8 Å². The van der Waals surface area contributed by atoms with Crippen LogP contribution in [0.4, 0.5) is 10.1 Å².